The van der Waals surface area contributed by atoms with E-state index in [0.717, 1.165) is 5.56 Å². The number of nitrogens with one attached hydrogen (secondary N) is 1. The summed E-state index contributed by atoms with van der Waals surface area (Å²) in [5, 5.41) is 2.57. The lowest BCUT2D eigenvalue weighted by Crippen LogP contribution is -2.43. The van der Waals surface area contributed by atoms with Gasteiger partial charge in [0.15, 0.2) is 6.10 Å². The Morgan fingerprint density at radius 1 is 0.614 bits per heavy atom. The molecule has 1 aliphatic heterocycles. The predicted molar refractivity (Wildman–Crippen MR) is 158 cm³/mol. The van der Waals surface area contributed by atoms with Crippen LogP contribution in [0.2, 0.25) is 0 Å². The Kier molecular flexibility index (Phi) is 9.63. The summed E-state index contributed by atoms with van der Waals surface area (Å²) in [5.41, 5.74) is 2.11. The monoisotopic (exact) mass is 595 g/mol. The Hall–Kier alpha value is -5.48. The van der Waals surface area contributed by atoms with Crippen molar-refractivity contribution in [3.05, 3.63) is 138 Å². The maximum atomic E-state index is 13.2. The summed E-state index contributed by atoms with van der Waals surface area (Å²) < 4.78 is 28.6. The van der Waals surface area contributed by atoms with Crippen LogP contribution in [0.4, 0.5) is 10.5 Å². The Morgan fingerprint density at radius 3 is 1.70 bits per heavy atom. The molecule has 0 aromatic heterocycles. The molecule has 1 aliphatic rings. The highest BCUT2D eigenvalue weighted by Gasteiger charge is 2.52. The zero-order valence-corrected chi connectivity index (χ0v) is 23.7. The quantitative estimate of drug-likeness (QED) is 0.195. The number of carbonyl (C=O) groups excluding carboxylic acids is 4. The lowest BCUT2D eigenvalue weighted by molar-refractivity contribution is -0.135. The molecule has 10 nitrogen and oxygen atoms in total. The molecule has 5 rings (SSSR count). The zero-order chi connectivity index (χ0) is 30.9. The molecule has 224 valence electrons. The topological polar surface area (TPSA) is 126 Å². The van der Waals surface area contributed by atoms with E-state index in [1.807, 2.05) is 6.92 Å². The van der Waals surface area contributed by atoms with E-state index in [1.54, 1.807) is 115 Å². The molecule has 4 atom stereocenters. The largest absolute Gasteiger partial charge is 0.459 e. The molecule has 1 N–H and O–H groups in total. The van der Waals surface area contributed by atoms with Crippen molar-refractivity contribution in [1.82, 2.24) is 0 Å². The SMILES string of the molecule is Cc1ccc(C(=O)O[C@H]2[C@@H](OC(=O)Nc3ccccc3)O[C@@H](COC(=O)c3ccccc3)[C@H]2OC(=O)c2ccccc2)cc1. The minimum atomic E-state index is -1.53. The number of ether oxygens (including phenoxy) is 5. The third kappa shape index (κ3) is 7.67. The van der Waals surface area contributed by atoms with Crippen LogP contribution in [0.1, 0.15) is 36.6 Å². The van der Waals surface area contributed by atoms with Gasteiger partial charge in [-0.25, -0.2) is 19.2 Å². The van der Waals surface area contributed by atoms with Crippen LogP contribution in [-0.2, 0) is 23.7 Å². The van der Waals surface area contributed by atoms with Crippen molar-refractivity contribution in [1.29, 1.82) is 0 Å². The van der Waals surface area contributed by atoms with E-state index >= 15 is 0 Å². The molecule has 1 saturated heterocycles. The molecule has 4 aromatic carbocycles. The van der Waals surface area contributed by atoms with E-state index < -0.39 is 55.2 Å². The molecule has 1 heterocycles. The fourth-order valence-corrected chi connectivity index (χ4v) is 4.42. The molecule has 1 amide bonds. The zero-order valence-electron chi connectivity index (χ0n) is 23.7. The van der Waals surface area contributed by atoms with Gasteiger partial charge in [0.05, 0.1) is 16.7 Å². The van der Waals surface area contributed by atoms with Gasteiger partial charge in [0, 0.05) is 5.69 Å². The third-order valence-corrected chi connectivity index (χ3v) is 6.68. The second-order valence-electron chi connectivity index (χ2n) is 9.88. The average Bonchev–Trinajstić information content (AvgIpc) is 3.35. The first kappa shape index (κ1) is 30.0. The van der Waals surface area contributed by atoms with E-state index in [0.29, 0.717) is 11.3 Å². The summed E-state index contributed by atoms with van der Waals surface area (Å²) in [4.78, 5) is 52.0. The van der Waals surface area contributed by atoms with Gasteiger partial charge in [-0.1, -0.05) is 72.3 Å². The normalized spacial score (nSPS) is 18.9. The number of para-hydroxylation sites is 1. The average molecular weight is 596 g/mol. The van der Waals surface area contributed by atoms with E-state index in [4.69, 9.17) is 23.7 Å². The van der Waals surface area contributed by atoms with Crippen molar-refractivity contribution >= 4 is 29.7 Å². The Morgan fingerprint density at radius 2 is 1.11 bits per heavy atom. The van der Waals surface area contributed by atoms with Crippen molar-refractivity contribution in [2.45, 2.75) is 31.5 Å². The van der Waals surface area contributed by atoms with E-state index in [1.165, 1.54) is 0 Å². The number of benzene rings is 4. The fourth-order valence-electron chi connectivity index (χ4n) is 4.42. The number of rotatable bonds is 9. The third-order valence-electron chi connectivity index (χ3n) is 6.68. The van der Waals surface area contributed by atoms with Gasteiger partial charge < -0.3 is 23.7 Å². The molecule has 4 aromatic rings. The molecule has 44 heavy (non-hydrogen) atoms. The molecule has 0 radical (unpaired) electrons. The van der Waals surface area contributed by atoms with Crippen LogP contribution in [0.5, 0.6) is 0 Å². The number of amides is 1. The molecule has 0 unspecified atom stereocenters. The maximum absolute atomic E-state index is 13.2. The summed E-state index contributed by atoms with van der Waals surface area (Å²) in [6.07, 6.45) is -6.34. The smallest absolute Gasteiger partial charge is 0.414 e. The van der Waals surface area contributed by atoms with Crippen LogP contribution in [0, 0.1) is 6.92 Å². The Labute approximate surface area is 253 Å². The standard InChI is InChI=1S/C34H29NO9/c1-22-17-19-25(20-18-22)32(38)43-29-28(42-31(37)24-13-7-3-8-14-24)27(21-40-30(36)23-11-5-2-6-12-23)41-33(29)44-34(39)35-26-15-9-4-10-16-26/h2-20,27-29,33H,21H2,1H3,(H,35,39)/t27-,28+,29+,33+/m0/s1. The summed E-state index contributed by atoms with van der Waals surface area (Å²) >= 11 is 0. The number of esters is 3. The van der Waals surface area contributed by atoms with Crippen molar-refractivity contribution in [3.63, 3.8) is 0 Å². The summed E-state index contributed by atoms with van der Waals surface area (Å²) in [5.74, 6) is -2.16. The first-order valence-electron chi connectivity index (χ1n) is 13.8. The van der Waals surface area contributed by atoms with E-state index in [9.17, 15) is 19.2 Å². The van der Waals surface area contributed by atoms with Crippen molar-refractivity contribution in [3.8, 4) is 0 Å². The number of anilines is 1. The van der Waals surface area contributed by atoms with E-state index in [-0.39, 0.29) is 11.1 Å². The van der Waals surface area contributed by atoms with Crippen LogP contribution >= 0.6 is 0 Å². The molecular formula is C34H29NO9. The second-order valence-corrected chi connectivity index (χ2v) is 9.88. The van der Waals surface area contributed by atoms with Crippen molar-refractivity contribution in [2.24, 2.45) is 0 Å². The molecule has 0 aliphatic carbocycles. The van der Waals surface area contributed by atoms with Gasteiger partial charge in [0.1, 0.15) is 12.7 Å². The van der Waals surface area contributed by atoms with Crippen LogP contribution in [-0.4, -0.2) is 55.2 Å². The summed E-state index contributed by atoms with van der Waals surface area (Å²) in [6.45, 7) is 1.47. The number of hydrogen-bond donors (Lipinski definition) is 1. The fraction of sp³-hybridized carbons (Fsp3) is 0.176. The van der Waals surface area contributed by atoms with Crippen LogP contribution in [0.25, 0.3) is 0 Å². The maximum Gasteiger partial charge on any atom is 0.414 e. The van der Waals surface area contributed by atoms with Gasteiger partial charge in [0.2, 0.25) is 12.4 Å². The number of carbonyl (C=O) groups is 4. The predicted octanol–water partition coefficient (Wildman–Crippen LogP) is 5.58. The van der Waals surface area contributed by atoms with Crippen molar-refractivity contribution < 1.29 is 42.9 Å². The molecule has 10 heteroatoms. The molecule has 1 fully saturated rings. The first-order chi connectivity index (χ1) is 21.4. The highest BCUT2D eigenvalue weighted by atomic mass is 16.8. The van der Waals surface area contributed by atoms with Crippen LogP contribution in [0.15, 0.2) is 115 Å². The Balaban J connectivity index is 1.41. The van der Waals surface area contributed by atoms with Crippen molar-refractivity contribution in [2.75, 3.05) is 11.9 Å². The number of hydrogen-bond acceptors (Lipinski definition) is 9. The van der Waals surface area contributed by atoms with E-state index in [2.05, 4.69) is 5.32 Å². The first-order valence-corrected chi connectivity index (χ1v) is 13.8. The summed E-state index contributed by atoms with van der Waals surface area (Å²) in [6, 6.07) is 31.6. The minimum absolute atomic E-state index is 0.218. The molecule has 0 bridgehead atoms. The lowest BCUT2D eigenvalue weighted by atomic mass is 10.1. The van der Waals surface area contributed by atoms with Crippen LogP contribution < -0.4 is 5.32 Å². The van der Waals surface area contributed by atoms with Crippen LogP contribution in [0.3, 0.4) is 0 Å². The Bertz CT molecular complexity index is 1580. The molecule has 0 saturated carbocycles. The molecule has 0 spiro atoms. The highest BCUT2D eigenvalue weighted by Crippen LogP contribution is 2.30. The molecular weight excluding hydrogens is 566 g/mol. The van der Waals surface area contributed by atoms with Gasteiger partial charge in [-0.15, -0.1) is 0 Å². The highest BCUT2D eigenvalue weighted by molar-refractivity contribution is 5.91. The minimum Gasteiger partial charge on any atom is -0.459 e. The van der Waals surface area contributed by atoms with Gasteiger partial charge in [-0.3, -0.25) is 5.32 Å². The van der Waals surface area contributed by atoms with Gasteiger partial charge in [-0.05, 0) is 55.5 Å². The van der Waals surface area contributed by atoms with Gasteiger partial charge >= 0.3 is 24.0 Å². The number of aryl methyl sites for hydroxylation is 1. The van der Waals surface area contributed by atoms with Gasteiger partial charge in [0.25, 0.3) is 0 Å². The second kappa shape index (κ2) is 14.1. The summed E-state index contributed by atoms with van der Waals surface area (Å²) in [7, 11) is 0. The van der Waals surface area contributed by atoms with Gasteiger partial charge in [-0.2, -0.15) is 0 Å². The lowest BCUT2D eigenvalue weighted by Gasteiger charge is -2.24.